The van der Waals surface area contributed by atoms with E-state index in [1.54, 1.807) is 12.1 Å². The maximum Gasteiger partial charge on any atom is 0.146 e. The Hall–Kier alpha value is -1.35. The molecular formula is C11H15NO2. The molecule has 0 radical (unpaired) electrons. The molecule has 0 aliphatic rings. The summed E-state index contributed by atoms with van der Waals surface area (Å²) in [6.07, 6.45) is 0.524. The van der Waals surface area contributed by atoms with Gasteiger partial charge in [0, 0.05) is 0 Å². The van der Waals surface area contributed by atoms with E-state index in [2.05, 4.69) is 0 Å². The highest BCUT2D eigenvalue weighted by Crippen LogP contribution is 2.17. The van der Waals surface area contributed by atoms with Gasteiger partial charge in [-0.15, -0.1) is 0 Å². The number of carbonyl (C=O) groups excluding carboxylic acids is 1. The Kier molecular flexibility index (Phi) is 3.25. The third-order valence-electron chi connectivity index (χ3n) is 2.24. The van der Waals surface area contributed by atoms with Gasteiger partial charge in [0.25, 0.3) is 0 Å². The minimum Gasteiger partial charge on any atom is -0.508 e. The quantitative estimate of drug-likeness (QED) is 0.757. The number of rotatable bonds is 3. The molecule has 0 bridgehead atoms. The fourth-order valence-corrected chi connectivity index (χ4v) is 1.24. The van der Waals surface area contributed by atoms with Crippen LogP contribution in [0.2, 0.25) is 0 Å². The van der Waals surface area contributed by atoms with Crippen LogP contribution in [0.1, 0.15) is 18.1 Å². The third-order valence-corrected chi connectivity index (χ3v) is 2.24. The lowest BCUT2D eigenvalue weighted by molar-refractivity contribution is -0.118. The second kappa shape index (κ2) is 4.24. The summed E-state index contributed by atoms with van der Waals surface area (Å²) >= 11 is 0. The predicted octanol–water partition coefficient (Wildman–Crippen LogP) is 1.16. The molecule has 0 unspecified atom stereocenters. The molecule has 3 heteroatoms. The third kappa shape index (κ3) is 2.57. The number of hydrogen-bond donors (Lipinski definition) is 2. The number of nitrogens with two attached hydrogens (primary N) is 1. The highest BCUT2D eigenvalue weighted by atomic mass is 16.3. The molecule has 0 saturated heterocycles. The Morgan fingerprint density at radius 2 is 2.21 bits per heavy atom. The van der Waals surface area contributed by atoms with E-state index in [4.69, 9.17) is 5.73 Å². The summed E-state index contributed by atoms with van der Waals surface area (Å²) in [6, 6.07) is 4.81. The standard InChI is InChI=1S/C11H15NO2/c1-7-5-9(3-4-11(7)14)6-10(12)8(2)13/h3-5,10,14H,6,12H2,1-2H3/t10-/m0/s1. The monoisotopic (exact) mass is 193 g/mol. The van der Waals surface area contributed by atoms with Crippen molar-refractivity contribution >= 4 is 5.78 Å². The van der Waals surface area contributed by atoms with E-state index >= 15 is 0 Å². The molecule has 3 nitrogen and oxygen atoms in total. The molecule has 0 fully saturated rings. The lowest BCUT2D eigenvalue weighted by Crippen LogP contribution is -2.30. The normalized spacial score (nSPS) is 12.5. The van der Waals surface area contributed by atoms with Crippen molar-refractivity contribution in [1.29, 1.82) is 0 Å². The molecule has 0 aliphatic heterocycles. The van der Waals surface area contributed by atoms with E-state index in [-0.39, 0.29) is 11.5 Å². The van der Waals surface area contributed by atoms with E-state index in [0.29, 0.717) is 6.42 Å². The van der Waals surface area contributed by atoms with Gasteiger partial charge >= 0.3 is 0 Å². The molecule has 14 heavy (non-hydrogen) atoms. The van der Waals surface area contributed by atoms with Gasteiger partial charge in [-0.25, -0.2) is 0 Å². The maximum absolute atomic E-state index is 10.9. The first kappa shape index (κ1) is 10.7. The fraction of sp³-hybridized carbons (Fsp3) is 0.364. The smallest absolute Gasteiger partial charge is 0.146 e. The number of phenols is 1. The average molecular weight is 193 g/mol. The zero-order valence-electron chi connectivity index (χ0n) is 8.45. The van der Waals surface area contributed by atoms with E-state index in [0.717, 1.165) is 11.1 Å². The first-order valence-electron chi connectivity index (χ1n) is 4.55. The number of hydrogen-bond acceptors (Lipinski definition) is 3. The number of phenolic OH excluding ortho intramolecular Hbond substituents is 1. The largest absolute Gasteiger partial charge is 0.508 e. The molecule has 3 N–H and O–H groups in total. The molecular weight excluding hydrogens is 178 g/mol. The maximum atomic E-state index is 10.9. The molecule has 0 spiro atoms. The van der Waals surface area contributed by atoms with Gasteiger partial charge in [-0.1, -0.05) is 12.1 Å². The van der Waals surface area contributed by atoms with Gasteiger partial charge in [0.1, 0.15) is 11.5 Å². The van der Waals surface area contributed by atoms with Crippen molar-refractivity contribution in [3.63, 3.8) is 0 Å². The highest BCUT2D eigenvalue weighted by molar-refractivity contribution is 5.81. The number of carbonyl (C=O) groups is 1. The Balaban J connectivity index is 2.78. The van der Waals surface area contributed by atoms with Crippen LogP contribution in [-0.2, 0) is 11.2 Å². The highest BCUT2D eigenvalue weighted by Gasteiger charge is 2.09. The molecule has 0 amide bonds. The second-order valence-electron chi connectivity index (χ2n) is 3.54. The van der Waals surface area contributed by atoms with E-state index in [1.807, 2.05) is 13.0 Å². The minimum absolute atomic E-state index is 0.0178. The van der Waals surface area contributed by atoms with Crippen molar-refractivity contribution < 1.29 is 9.90 Å². The molecule has 0 saturated carbocycles. The summed E-state index contributed by atoms with van der Waals surface area (Å²) < 4.78 is 0. The zero-order chi connectivity index (χ0) is 10.7. The Bertz CT molecular complexity index is 347. The van der Waals surface area contributed by atoms with Gasteiger partial charge < -0.3 is 10.8 Å². The van der Waals surface area contributed by atoms with Crippen LogP contribution < -0.4 is 5.73 Å². The molecule has 76 valence electrons. The number of benzene rings is 1. The fourth-order valence-electron chi connectivity index (χ4n) is 1.24. The molecule has 1 atom stereocenters. The Morgan fingerprint density at radius 1 is 1.57 bits per heavy atom. The summed E-state index contributed by atoms with van der Waals surface area (Å²) in [7, 11) is 0. The van der Waals surface area contributed by atoms with Crippen molar-refractivity contribution in [2.24, 2.45) is 5.73 Å². The average Bonchev–Trinajstić information content (AvgIpc) is 2.11. The summed E-state index contributed by atoms with van der Waals surface area (Å²) in [4.78, 5) is 10.9. The van der Waals surface area contributed by atoms with Crippen LogP contribution in [-0.4, -0.2) is 16.9 Å². The van der Waals surface area contributed by atoms with E-state index < -0.39 is 6.04 Å². The van der Waals surface area contributed by atoms with Crippen LogP contribution in [0.15, 0.2) is 18.2 Å². The van der Waals surface area contributed by atoms with Crippen LogP contribution >= 0.6 is 0 Å². The van der Waals surface area contributed by atoms with Gasteiger partial charge in [0.2, 0.25) is 0 Å². The van der Waals surface area contributed by atoms with Gasteiger partial charge in [0.05, 0.1) is 6.04 Å². The lowest BCUT2D eigenvalue weighted by Gasteiger charge is -2.08. The van der Waals surface area contributed by atoms with Gasteiger partial charge in [-0.3, -0.25) is 4.79 Å². The zero-order valence-corrected chi connectivity index (χ0v) is 8.45. The molecule has 1 aromatic rings. The van der Waals surface area contributed by atoms with Crippen LogP contribution in [0, 0.1) is 6.92 Å². The SMILES string of the molecule is CC(=O)[C@@H](N)Cc1ccc(O)c(C)c1. The van der Waals surface area contributed by atoms with Crippen molar-refractivity contribution in [2.45, 2.75) is 26.3 Å². The molecule has 0 aliphatic carbocycles. The van der Waals surface area contributed by atoms with E-state index in [1.165, 1.54) is 6.92 Å². The summed E-state index contributed by atoms with van der Waals surface area (Å²) in [5, 5.41) is 9.29. The van der Waals surface area contributed by atoms with E-state index in [9.17, 15) is 9.90 Å². The van der Waals surface area contributed by atoms with Gasteiger partial charge in [-0.05, 0) is 37.5 Å². The lowest BCUT2D eigenvalue weighted by atomic mass is 10.0. The summed E-state index contributed by atoms with van der Waals surface area (Å²) in [5.74, 6) is 0.251. The van der Waals surface area contributed by atoms with Crippen LogP contribution in [0.25, 0.3) is 0 Å². The molecule has 1 aromatic carbocycles. The summed E-state index contributed by atoms with van der Waals surface area (Å²) in [5.41, 5.74) is 7.40. The first-order valence-corrected chi connectivity index (χ1v) is 4.55. The number of ketones is 1. The molecule has 0 aromatic heterocycles. The van der Waals surface area contributed by atoms with Crippen LogP contribution in [0.3, 0.4) is 0 Å². The summed E-state index contributed by atoms with van der Waals surface area (Å²) in [6.45, 7) is 3.30. The van der Waals surface area contributed by atoms with Crippen LogP contribution in [0.4, 0.5) is 0 Å². The number of aryl methyl sites for hydroxylation is 1. The Morgan fingerprint density at radius 3 is 2.71 bits per heavy atom. The first-order chi connectivity index (χ1) is 6.50. The molecule has 0 heterocycles. The number of aromatic hydroxyl groups is 1. The van der Waals surface area contributed by atoms with Crippen molar-refractivity contribution in [2.75, 3.05) is 0 Å². The van der Waals surface area contributed by atoms with Crippen LogP contribution in [0.5, 0.6) is 5.75 Å². The topological polar surface area (TPSA) is 63.3 Å². The predicted molar refractivity (Wildman–Crippen MR) is 55.2 cm³/mol. The Labute approximate surface area is 83.6 Å². The van der Waals surface area contributed by atoms with Gasteiger partial charge in [-0.2, -0.15) is 0 Å². The minimum atomic E-state index is -0.445. The second-order valence-corrected chi connectivity index (χ2v) is 3.54. The van der Waals surface area contributed by atoms with Crippen molar-refractivity contribution in [3.8, 4) is 5.75 Å². The van der Waals surface area contributed by atoms with Crippen molar-refractivity contribution in [3.05, 3.63) is 29.3 Å². The molecule has 1 rings (SSSR count). The van der Waals surface area contributed by atoms with Crippen molar-refractivity contribution in [1.82, 2.24) is 0 Å². The van der Waals surface area contributed by atoms with Gasteiger partial charge in [0.15, 0.2) is 0 Å². The number of Topliss-reactive ketones (excluding diaryl/α,β-unsaturated/α-hetero) is 1.